The van der Waals surface area contributed by atoms with Crippen molar-refractivity contribution in [2.24, 2.45) is 0 Å². The summed E-state index contributed by atoms with van der Waals surface area (Å²) in [6.07, 6.45) is 3.48. The quantitative estimate of drug-likeness (QED) is 0.859. The fraction of sp³-hybridized carbons (Fsp3) is 0.333. The number of carbonyl (C=O) groups excluding carboxylic acids is 2. The van der Waals surface area contributed by atoms with E-state index in [2.05, 4.69) is 0 Å². The number of nitrogens with zero attached hydrogens (tertiary/aromatic N) is 2. The third-order valence-corrected chi connectivity index (χ3v) is 4.19. The Hall–Kier alpha value is -2.76. The lowest BCUT2D eigenvalue weighted by molar-refractivity contribution is -0.131. The Morgan fingerprint density at radius 2 is 1.71 bits per heavy atom. The average molecular weight is 328 g/mol. The van der Waals surface area contributed by atoms with E-state index in [0.29, 0.717) is 38.2 Å². The van der Waals surface area contributed by atoms with Gasteiger partial charge >= 0.3 is 0 Å². The van der Waals surface area contributed by atoms with Gasteiger partial charge in [0.1, 0.15) is 5.75 Å². The molecule has 1 saturated heterocycles. The molecule has 0 aliphatic carbocycles. The maximum absolute atomic E-state index is 12.5. The zero-order valence-corrected chi connectivity index (χ0v) is 13.6. The molecule has 0 bridgehead atoms. The minimum Gasteiger partial charge on any atom is -0.497 e. The number of benzene rings is 1. The Kier molecular flexibility index (Phi) is 4.84. The van der Waals surface area contributed by atoms with Crippen LogP contribution in [0.3, 0.4) is 0 Å². The van der Waals surface area contributed by atoms with Gasteiger partial charge in [-0.2, -0.15) is 0 Å². The summed E-state index contributed by atoms with van der Waals surface area (Å²) < 4.78 is 10.1. The molecule has 1 aliphatic rings. The van der Waals surface area contributed by atoms with Crippen molar-refractivity contribution in [3.8, 4) is 5.75 Å². The van der Waals surface area contributed by atoms with Crippen molar-refractivity contribution >= 4 is 11.8 Å². The van der Waals surface area contributed by atoms with Gasteiger partial charge in [-0.1, -0.05) is 0 Å². The second kappa shape index (κ2) is 7.21. The Balaban J connectivity index is 1.54. The van der Waals surface area contributed by atoms with Crippen LogP contribution < -0.4 is 4.74 Å². The number of furan rings is 1. The minimum absolute atomic E-state index is 0.0143. The fourth-order valence-corrected chi connectivity index (χ4v) is 2.75. The first-order valence-corrected chi connectivity index (χ1v) is 7.89. The summed E-state index contributed by atoms with van der Waals surface area (Å²) in [5, 5.41) is 0. The van der Waals surface area contributed by atoms with E-state index in [1.165, 1.54) is 0 Å². The van der Waals surface area contributed by atoms with E-state index in [1.807, 2.05) is 0 Å². The molecule has 2 aromatic rings. The number of hydrogen-bond acceptors (Lipinski definition) is 4. The number of rotatable bonds is 4. The molecule has 1 aliphatic heterocycles. The molecule has 1 aromatic heterocycles. The van der Waals surface area contributed by atoms with Crippen LogP contribution in [0.1, 0.15) is 15.9 Å². The van der Waals surface area contributed by atoms with Crippen LogP contribution in [0.4, 0.5) is 0 Å². The molecule has 0 saturated carbocycles. The second-order valence-electron chi connectivity index (χ2n) is 5.71. The van der Waals surface area contributed by atoms with E-state index in [4.69, 9.17) is 9.15 Å². The topological polar surface area (TPSA) is 63.0 Å². The van der Waals surface area contributed by atoms with Crippen LogP contribution in [0.25, 0.3) is 0 Å². The summed E-state index contributed by atoms with van der Waals surface area (Å²) in [6.45, 7) is 2.20. The van der Waals surface area contributed by atoms with Crippen LogP contribution in [-0.2, 0) is 11.2 Å². The van der Waals surface area contributed by atoms with Gasteiger partial charge in [0.2, 0.25) is 5.91 Å². The van der Waals surface area contributed by atoms with Crippen LogP contribution in [0.5, 0.6) is 5.75 Å². The van der Waals surface area contributed by atoms with Gasteiger partial charge in [-0.05, 0) is 35.9 Å². The summed E-state index contributed by atoms with van der Waals surface area (Å²) in [7, 11) is 1.59. The number of carbonyl (C=O) groups is 2. The van der Waals surface area contributed by atoms with Crippen LogP contribution in [-0.4, -0.2) is 54.9 Å². The molecule has 1 fully saturated rings. The third-order valence-electron chi connectivity index (χ3n) is 4.19. The SMILES string of the molecule is COc1ccc(C(=O)N2CCN(C(=O)Cc3ccoc3)CC2)cc1. The van der Waals surface area contributed by atoms with E-state index in [0.717, 1.165) is 11.3 Å². The first-order chi connectivity index (χ1) is 11.7. The molecule has 0 spiro atoms. The van der Waals surface area contributed by atoms with E-state index in [9.17, 15) is 9.59 Å². The van der Waals surface area contributed by atoms with Crippen molar-refractivity contribution in [3.63, 3.8) is 0 Å². The first kappa shape index (κ1) is 16.1. The summed E-state index contributed by atoms with van der Waals surface area (Å²) in [5.41, 5.74) is 1.51. The molecule has 3 rings (SSSR count). The monoisotopic (exact) mass is 328 g/mol. The highest BCUT2D eigenvalue weighted by atomic mass is 16.5. The number of ether oxygens (including phenoxy) is 1. The minimum atomic E-state index is -0.0143. The highest BCUT2D eigenvalue weighted by Gasteiger charge is 2.25. The zero-order chi connectivity index (χ0) is 16.9. The van der Waals surface area contributed by atoms with Crippen molar-refractivity contribution in [3.05, 3.63) is 54.0 Å². The Bertz CT molecular complexity index is 686. The number of piperazine rings is 1. The molecule has 2 heterocycles. The summed E-state index contributed by atoms with van der Waals surface area (Å²) in [6, 6.07) is 8.87. The first-order valence-electron chi connectivity index (χ1n) is 7.89. The molecule has 24 heavy (non-hydrogen) atoms. The van der Waals surface area contributed by atoms with Crippen molar-refractivity contribution in [2.75, 3.05) is 33.3 Å². The maximum Gasteiger partial charge on any atom is 0.253 e. The molecule has 0 N–H and O–H groups in total. The highest BCUT2D eigenvalue weighted by molar-refractivity contribution is 5.94. The highest BCUT2D eigenvalue weighted by Crippen LogP contribution is 2.15. The van der Waals surface area contributed by atoms with Gasteiger partial charge in [0.15, 0.2) is 0 Å². The largest absolute Gasteiger partial charge is 0.497 e. The molecule has 126 valence electrons. The standard InChI is InChI=1S/C18H20N2O4/c1-23-16-4-2-15(3-5-16)18(22)20-9-7-19(8-10-20)17(21)12-14-6-11-24-13-14/h2-6,11,13H,7-10,12H2,1H3. The lowest BCUT2D eigenvalue weighted by Crippen LogP contribution is -2.51. The van der Waals surface area contributed by atoms with Gasteiger partial charge in [-0.25, -0.2) is 0 Å². The number of amides is 2. The molecule has 0 radical (unpaired) electrons. The zero-order valence-electron chi connectivity index (χ0n) is 13.6. The smallest absolute Gasteiger partial charge is 0.253 e. The fourth-order valence-electron chi connectivity index (χ4n) is 2.75. The second-order valence-corrected chi connectivity index (χ2v) is 5.71. The van der Waals surface area contributed by atoms with Gasteiger partial charge in [0.25, 0.3) is 5.91 Å². The van der Waals surface area contributed by atoms with Crippen molar-refractivity contribution < 1.29 is 18.7 Å². The van der Waals surface area contributed by atoms with Crippen LogP contribution in [0, 0.1) is 0 Å². The Morgan fingerprint density at radius 1 is 1.04 bits per heavy atom. The molecule has 1 aromatic carbocycles. The molecular weight excluding hydrogens is 308 g/mol. The Morgan fingerprint density at radius 3 is 2.29 bits per heavy atom. The van der Waals surface area contributed by atoms with E-state index in [-0.39, 0.29) is 11.8 Å². The molecule has 6 nitrogen and oxygen atoms in total. The Labute approximate surface area is 140 Å². The van der Waals surface area contributed by atoms with Gasteiger partial charge in [0, 0.05) is 31.7 Å². The van der Waals surface area contributed by atoms with Gasteiger partial charge in [-0.15, -0.1) is 0 Å². The summed E-state index contributed by atoms with van der Waals surface area (Å²) in [4.78, 5) is 28.3. The van der Waals surface area contributed by atoms with E-state index < -0.39 is 0 Å². The van der Waals surface area contributed by atoms with Crippen molar-refractivity contribution in [1.29, 1.82) is 0 Å². The molecule has 0 unspecified atom stereocenters. The van der Waals surface area contributed by atoms with Crippen LogP contribution in [0.2, 0.25) is 0 Å². The normalized spacial score (nSPS) is 14.5. The van der Waals surface area contributed by atoms with Crippen molar-refractivity contribution in [2.45, 2.75) is 6.42 Å². The summed E-state index contributed by atoms with van der Waals surface area (Å²) in [5.74, 6) is 0.772. The van der Waals surface area contributed by atoms with Crippen molar-refractivity contribution in [1.82, 2.24) is 9.80 Å². The lowest BCUT2D eigenvalue weighted by atomic mass is 10.1. The predicted molar refractivity (Wildman–Crippen MR) is 87.9 cm³/mol. The molecular formula is C18H20N2O4. The number of methoxy groups -OCH3 is 1. The molecule has 0 atom stereocenters. The van der Waals surface area contributed by atoms with Gasteiger partial charge in [-0.3, -0.25) is 9.59 Å². The van der Waals surface area contributed by atoms with Gasteiger partial charge < -0.3 is 19.0 Å². The van der Waals surface area contributed by atoms with Crippen LogP contribution in [0.15, 0.2) is 47.3 Å². The van der Waals surface area contributed by atoms with E-state index in [1.54, 1.807) is 59.8 Å². The number of hydrogen-bond donors (Lipinski definition) is 0. The summed E-state index contributed by atoms with van der Waals surface area (Å²) >= 11 is 0. The lowest BCUT2D eigenvalue weighted by Gasteiger charge is -2.34. The average Bonchev–Trinajstić information content (AvgIpc) is 3.14. The molecule has 6 heteroatoms. The van der Waals surface area contributed by atoms with E-state index >= 15 is 0 Å². The maximum atomic E-state index is 12.5. The third kappa shape index (κ3) is 3.59. The van der Waals surface area contributed by atoms with Gasteiger partial charge in [0.05, 0.1) is 26.1 Å². The molecule has 2 amide bonds. The van der Waals surface area contributed by atoms with Crippen LogP contribution >= 0.6 is 0 Å². The predicted octanol–water partition coefficient (Wildman–Crippen LogP) is 1.82.